The van der Waals surface area contributed by atoms with Crippen LogP contribution in [-0.2, 0) is 0 Å². The number of hydrogen-bond donors (Lipinski definition) is 0. The van der Waals surface area contributed by atoms with Crippen molar-refractivity contribution in [3.8, 4) is 11.3 Å². The predicted molar refractivity (Wildman–Crippen MR) is 153 cm³/mol. The lowest BCUT2D eigenvalue weighted by Crippen LogP contribution is -1.88. The first-order valence-electron chi connectivity index (χ1n) is 12.2. The Labute approximate surface area is 207 Å². The Morgan fingerprint density at radius 2 is 1.11 bits per heavy atom. The van der Waals surface area contributed by atoms with Gasteiger partial charge in [-0.2, -0.15) is 0 Å². The third-order valence-electron chi connectivity index (χ3n) is 7.49. The highest BCUT2D eigenvalue weighted by molar-refractivity contribution is 6.20. The largest absolute Gasteiger partial charge is 0.256 e. The minimum atomic E-state index is 0.987. The molecule has 0 atom stereocenters. The molecule has 2 heterocycles. The van der Waals surface area contributed by atoms with Gasteiger partial charge in [-0.1, -0.05) is 91.0 Å². The van der Waals surface area contributed by atoms with Crippen LogP contribution in [0.3, 0.4) is 0 Å². The summed E-state index contributed by atoms with van der Waals surface area (Å²) in [4.78, 5) is 9.62. The van der Waals surface area contributed by atoms with Gasteiger partial charge >= 0.3 is 0 Å². The highest BCUT2D eigenvalue weighted by Crippen LogP contribution is 2.35. The Hall–Kier alpha value is -4.82. The Morgan fingerprint density at radius 1 is 0.417 bits per heavy atom. The molecule has 2 heteroatoms. The van der Waals surface area contributed by atoms with E-state index in [4.69, 9.17) is 9.97 Å². The average molecular weight is 457 g/mol. The van der Waals surface area contributed by atoms with E-state index in [0.717, 1.165) is 22.2 Å². The maximum absolute atomic E-state index is 4.91. The van der Waals surface area contributed by atoms with E-state index in [9.17, 15) is 0 Å². The van der Waals surface area contributed by atoms with Gasteiger partial charge in [0.05, 0.1) is 11.2 Å². The van der Waals surface area contributed by atoms with Gasteiger partial charge in [0.15, 0.2) is 0 Å². The summed E-state index contributed by atoms with van der Waals surface area (Å²) in [6, 6.07) is 39.2. The van der Waals surface area contributed by atoms with Crippen LogP contribution in [0.2, 0.25) is 0 Å². The zero-order chi connectivity index (χ0) is 23.6. The van der Waals surface area contributed by atoms with E-state index in [2.05, 4.69) is 103 Å². The molecule has 2 aromatic heterocycles. The average Bonchev–Trinajstić information content (AvgIpc) is 2.95. The van der Waals surface area contributed by atoms with Crippen molar-refractivity contribution in [2.24, 2.45) is 0 Å². The monoisotopic (exact) mass is 456 g/mol. The van der Waals surface area contributed by atoms with Gasteiger partial charge in [-0.05, 0) is 61.3 Å². The molecule has 2 nitrogen and oxygen atoms in total. The molecule has 0 radical (unpaired) electrons. The maximum Gasteiger partial charge on any atom is 0.0786 e. The standard InChI is InChI=1S/C34H20N2/c1-2-6-27-21(4-1)11-15-30-29(27)16-12-25-19-32(36-20-31(25)30)26-13-14-28-24(18-26)10-8-22-7-9-23-5-3-17-35-34(23)33(22)28/h1-20H. The van der Waals surface area contributed by atoms with E-state index < -0.39 is 0 Å². The number of pyridine rings is 2. The zero-order valence-electron chi connectivity index (χ0n) is 19.4. The zero-order valence-corrected chi connectivity index (χ0v) is 19.4. The first-order chi connectivity index (χ1) is 17.8. The van der Waals surface area contributed by atoms with Gasteiger partial charge in [-0.25, -0.2) is 0 Å². The highest BCUT2D eigenvalue weighted by atomic mass is 14.7. The van der Waals surface area contributed by atoms with Crippen LogP contribution in [0.4, 0.5) is 0 Å². The van der Waals surface area contributed by atoms with Crippen LogP contribution < -0.4 is 0 Å². The van der Waals surface area contributed by atoms with Gasteiger partial charge in [0.25, 0.3) is 0 Å². The second-order valence-corrected chi connectivity index (χ2v) is 9.48. The molecule has 8 rings (SSSR count). The highest BCUT2D eigenvalue weighted by Gasteiger charge is 2.10. The number of aromatic nitrogens is 2. The van der Waals surface area contributed by atoms with E-state index >= 15 is 0 Å². The molecular weight excluding hydrogens is 436 g/mol. The molecule has 0 aliphatic rings. The van der Waals surface area contributed by atoms with Crippen LogP contribution in [-0.4, -0.2) is 9.97 Å². The maximum atomic E-state index is 4.91. The number of fused-ring (bicyclic) bond motifs is 10. The predicted octanol–water partition coefficient (Wildman–Crippen LogP) is 9.06. The molecule has 0 saturated heterocycles. The van der Waals surface area contributed by atoms with Crippen LogP contribution in [0.15, 0.2) is 122 Å². The summed E-state index contributed by atoms with van der Waals surface area (Å²) in [5.74, 6) is 0. The lowest BCUT2D eigenvalue weighted by Gasteiger charge is -2.11. The summed E-state index contributed by atoms with van der Waals surface area (Å²) in [5.41, 5.74) is 3.16. The molecule has 0 fully saturated rings. The summed E-state index contributed by atoms with van der Waals surface area (Å²) in [6.07, 6.45) is 3.91. The molecule has 6 aromatic carbocycles. The van der Waals surface area contributed by atoms with E-state index in [-0.39, 0.29) is 0 Å². The number of benzene rings is 6. The molecule has 0 bridgehead atoms. The molecule has 0 amide bonds. The summed E-state index contributed by atoms with van der Waals surface area (Å²) in [7, 11) is 0. The van der Waals surface area contributed by atoms with Crippen molar-refractivity contribution in [2.75, 3.05) is 0 Å². The van der Waals surface area contributed by atoms with Crippen molar-refractivity contribution >= 4 is 64.8 Å². The summed E-state index contributed by atoms with van der Waals surface area (Å²) in [6.45, 7) is 0. The van der Waals surface area contributed by atoms with Gasteiger partial charge in [0.2, 0.25) is 0 Å². The van der Waals surface area contributed by atoms with Gasteiger partial charge in [0.1, 0.15) is 0 Å². The molecule has 0 spiro atoms. The fraction of sp³-hybridized carbons (Fsp3) is 0. The number of rotatable bonds is 1. The Bertz CT molecular complexity index is 2160. The van der Waals surface area contributed by atoms with Crippen molar-refractivity contribution in [1.82, 2.24) is 9.97 Å². The molecule has 0 aliphatic heterocycles. The lowest BCUT2D eigenvalue weighted by molar-refractivity contribution is 1.36. The van der Waals surface area contributed by atoms with Crippen molar-refractivity contribution in [2.45, 2.75) is 0 Å². The van der Waals surface area contributed by atoms with Gasteiger partial charge in [0, 0.05) is 34.1 Å². The summed E-state index contributed by atoms with van der Waals surface area (Å²) >= 11 is 0. The minimum Gasteiger partial charge on any atom is -0.256 e. The van der Waals surface area contributed by atoms with E-state index in [1.165, 1.54) is 53.9 Å². The first-order valence-corrected chi connectivity index (χ1v) is 12.2. The van der Waals surface area contributed by atoms with Gasteiger partial charge in [-0.15, -0.1) is 0 Å². The van der Waals surface area contributed by atoms with Crippen molar-refractivity contribution in [3.63, 3.8) is 0 Å². The van der Waals surface area contributed by atoms with Crippen LogP contribution in [0, 0.1) is 0 Å². The Kier molecular flexibility index (Phi) is 3.97. The van der Waals surface area contributed by atoms with E-state index in [0.29, 0.717) is 0 Å². The molecule has 8 aromatic rings. The SMILES string of the molecule is c1ccc2c(c1)ccc1c3cnc(-c4ccc5c(ccc6ccc7cccnc7c65)c4)cc3ccc21. The molecular formula is C34H20N2. The second kappa shape index (κ2) is 7.34. The van der Waals surface area contributed by atoms with Crippen LogP contribution in [0.1, 0.15) is 0 Å². The summed E-state index contributed by atoms with van der Waals surface area (Å²) in [5, 5.41) is 13.5. The third-order valence-corrected chi connectivity index (χ3v) is 7.49. The fourth-order valence-electron chi connectivity index (χ4n) is 5.72. The topological polar surface area (TPSA) is 25.8 Å². The molecule has 166 valence electrons. The van der Waals surface area contributed by atoms with Gasteiger partial charge in [-0.3, -0.25) is 9.97 Å². The van der Waals surface area contributed by atoms with Crippen LogP contribution in [0.5, 0.6) is 0 Å². The first kappa shape index (κ1) is 19.5. The molecule has 36 heavy (non-hydrogen) atoms. The van der Waals surface area contributed by atoms with Crippen molar-refractivity contribution in [1.29, 1.82) is 0 Å². The molecule has 0 aliphatic carbocycles. The number of hydrogen-bond acceptors (Lipinski definition) is 2. The minimum absolute atomic E-state index is 0.987. The summed E-state index contributed by atoms with van der Waals surface area (Å²) < 4.78 is 0. The van der Waals surface area contributed by atoms with E-state index in [1.807, 2.05) is 18.5 Å². The lowest BCUT2D eigenvalue weighted by atomic mass is 9.95. The fourth-order valence-corrected chi connectivity index (χ4v) is 5.72. The second-order valence-electron chi connectivity index (χ2n) is 9.48. The molecule has 0 saturated carbocycles. The smallest absolute Gasteiger partial charge is 0.0786 e. The Balaban J connectivity index is 1.32. The third kappa shape index (κ3) is 2.79. The Morgan fingerprint density at radius 3 is 2.06 bits per heavy atom. The van der Waals surface area contributed by atoms with E-state index in [1.54, 1.807) is 0 Å². The van der Waals surface area contributed by atoms with Crippen LogP contribution >= 0.6 is 0 Å². The molecule has 0 N–H and O–H groups in total. The quantitative estimate of drug-likeness (QED) is 0.230. The molecule has 0 unspecified atom stereocenters. The van der Waals surface area contributed by atoms with Crippen LogP contribution in [0.25, 0.3) is 76.0 Å². The van der Waals surface area contributed by atoms with Crippen molar-refractivity contribution in [3.05, 3.63) is 122 Å². The van der Waals surface area contributed by atoms with Crippen molar-refractivity contribution < 1.29 is 0 Å². The van der Waals surface area contributed by atoms with Gasteiger partial charge < -0.3 is 0 Å². The number of nitrogens with zero attached hydrogens (tertiary/aromatic N) is 2. The normalized spacial score (nSPS) is 11.9.